The summed E-state index contributed by atoms with van der Waals surface area (Å²) in [5, 5.41) is 18.3. The molecule has 5 nitrogen and oxygen atoms in total. The number of carbonyl (C=O) groups is 2. The van der Waals surface area contributed by atoms with Gasteiger partial charge in [0.1, 0.15) is 5.54 Å². The van der Waals surface area contributed by atoms with Gasteiger partial charge < -0.3 is 15.1 Å². The molecule has 0 bridgehead atoms. The zero-order chi connectivity index (χ0) is 9.64. The first-order valence-corrected chi connectivity index (χ1v) is 4.28. The van der Waals surface area contributed by atoms with E-state index in [4.69, 9.17) is 5.11 Å². The molecule has 0 aliphatic carbocycles. The molecule has 5 heteroatoms. The van der Waals surface area contributed by atoms with E-state index in [0.717, 1.165) is 0 Å². The molecular weight excluding hydrogens is 174 g/mol. The Morgan fingerprint density at radius 3 is 2.85 bits per heavy atom. The molecule has 0 unspecified atom stereocenters. The third-order valence-corrected chi connectivity index (χ3v) is 2.93. The number of rotatable bonds is 1. The zero-order valence-corrected chi connectivity index (χ0v) is 7.06. The number of amides is 1. The van der Waals surface area contributed by atoms with Crippen LogP contribution in [0.2, 0.25) is 0 Å². The van der Waals surface area contributed by atoms with Gasteiger partial charge in [0.15, 0.2) is 0 Å². The van der Waals surface area contributed by atoms with E-state index < -0.39 is 17.6 Å². The molecule has 1 amide bonds. The summed E-state index contributed by atoms with van der Waals surface area (Å²) in [5.41, 5.74) is -1.10. The SMILES string of the molecule is O=C1CC[C@]2(C(=O)O)C[C@@H](O)CN12. The summed E-state index contributed by atoms with van der Waals surface area (Å²) in [4.78, 5) is 23.6. The van der Waals surface area contributed by atoms with Gasteiger partial charge in [-0.25, -0.2) is 4.79 Å². The minimum atomic E-state index is -1.10. The average Bonchev–Trinajstić information content (AvgIpc) is 2.51. The summed E-state index contributed by atoms with van der Waals surface area (Å²) in [6.07, 6.45) is 0.117. The summed E-state index contributed by atoms with van der Waals surface area (Å²) >= 11 is 0. The number of aliphatic carboxylic acids is 1. The fourth-order valence-electron chi connectivity index (χ4n) is 2.29. The molecule has 13 heavy (non-hydrogen) atoms. The van der Waals surface area contributed by atoms with Crippen LogP contribution in [-0.2, 0) is 9.59 Å². The predicted octanol–water partition coefficient (Wildman–Crippen LogP) is -0.803. The molecule has 2 heterocycles. The van der Waals surface area contributed by atoms with E-state index in [1.165, 1.54) is 4.90 Å². The maximum atomic E-state index is 11.3. The topological polar surface area (TPSA) is 77.8 Å². The summed E-state index contributed by atoms with van der Waals surface area (Å²) in [6.45, 7) is 0.172. The third-order valence-electron chi connectivity index (χ3n) is 2.93. The highest BCUT2D eigenvalue weighted by atomic mass is 16.4. The van der Waals surface area contributed by atoms with Gasteiger partial charge in [-0.3, -0.25) is 4.79 Å². The van der Waals surface area contributed by atoms with E-state index in [1.807, 2.05) is 0 Å². The molecule has 0 spiro atoms. The van der Waals surface area contributed by atoms with Crippen LogP contribution in [0.1, 0.15) is 19.3 Å². The van der Waals surface area contributed by atoms with Crippen LogP contribution in [0.25, 0.3) is 0 Å². The molecular formula is C8H11NO4. The monoisotopic (exact) mass is 185 g/mol. The van der Waals surface area contributed by atoms with Gasteiger partial charge >= 0.3 is 5.97 Å². The molecule has 2 atom stereocenters. The number of β-amino-alcohol motifs (C(OH)–C–C–N with tert-alkyl or cyclic N) is 1. The van der Waals surface area contributed by atoms with Crippen molar-refractivity contribution in [1.82, 2.24) is 4.90 Å². The molecule has 0 aromatic rings. The van der Waals surface area contributed by atoms with Gasteiger partial charge in [-0.1, -0.05) is 0 Å². The molecule has 2 saturated heterocycles. The standard InChI is InChI=1S/C8H11NO4/c10-5-3-8(7(12)13)2-1-6(11)9(8)4-5/h5,10H,1-4H2,(H,12,13)/t5-,8-/m1/s1. The average molecular weight is 185 g/mol. The second kappa shape index (κ2) is 2.45. The number of carboxylic acid groups (broad SMARTS) is 1. The largest absolute Gasteiger partial charge is 0.479 e. The Morgan fingerprint density at radius 1 is 1.62 bits per heavy atom. The highest BCUT2D eigenvalue weighted by Crippen LogP contribution is 2.39. The summed E-state index contributed by atoms with van der Waals surface area (Å²) in [7, 11) is 0. The quantitative estimate of drug-likeness (QED) is 0.560. The van der Waals surface area contributed by atoms with Crippen molar-refractivity contribution < 1.29 is 19.8 Å². The summed E-state index contributed by atoms with van der Waals surface area (Å²) in [6, 6.07) is 0. The minimum absolute atomic E-state index is 0.154. The lowest BCUT2D eigenvalue weighted by molar-refractivity contribution is -0.151. The number of aliphatic hydroxyl groups excluding tert-OH is 1. The highest BCUT2D eigenvalue weighted by molar-refractivity contribution is 5.91. The van der Waals surface area contributed by atoms with Crippen LogP contribution in [-0.4, -0.2) is 45.2 Å². The van der Waals surface area contributed by atoms with Crippen LogP contribution in [0.15, 0.2) is 0 Å². The number of fused-ring (bicyclic) bond motifs is 1. The van der Waals surface area contributed by atoms with Crippen molar-refractivity contribution in [1.29, 1.82) is 0 Å². The van der Waals surface area contributed by atoms with Crippen LogP contribution in [0.4, 0.5) is 0 Å². The maximum Gasteiger partial charge on any atom is 0.329 e. The Balaban J connectivity index is 2.35. The number of aliphatic hydroxyl groups is 1. The van der Waals surface area contributed by atoms with Gasteiger partial charge in [-0.2, -0.15) is 0 Å². The summed E-state index contributed by atoms with van der Waals surface area (Å²) < 4.78 is 0. The van der Waals surface area contributed by atoms with Gasteiger partial charge in [-0.05, 0) is 6.42 Å². The minimum Gasteiger partial charge on any atom is -0.479 e. The van der Waals surface area contributed by atoms with Crippen LogP contribution in [0, 0.1) is 0 Å². The Morgan fingerprint density at radius 2 is 2.31 bits per heavy atom. The molecule has 72 valence electrons. The van der Waals surface area contributed by atoms with Crippen LogP contribution < -0.4 is 0 Å². The lowest BCUT2D eigenvalue weighted by Gasteiger charge is -2.26. The van der Waals surface area contributed by atoms with Gasteiger partial charge in [0.05, 0.1) is 6.10 Å². The van der Waals surface area contributed by atoms with E-state index in [1.54, 1.807) is 0 Å². The lowest BCUT2D eigenvalue weighted by Crippen LogP contribution is -2.47. The number of hydrogen-bond donors (Lipinski definition) is 2. The number of carboxylic acids is 1. The maximum absolute atomic E-state index is 11.3. The number of hydrogen-bond acceptors (Lipinski definition) is 3. The van der Waals surface area contributed by atoms with E-state index in [9.17, 15) is 14.7 Å². The second-order valence-corrected chi connectivity index (χ2v) is 3.70. The lowest BCUT2D eigenvalue weighted by atomic mass is 9.94. The Labute approximate surface area is 75.0 Å². The zero-order valence-electron chi connectivity index (χ0n) is 7.06. The van der Waals surface area contributed by atoms with Crippen molar-refractivity contribution >= 4 is 11.9 Å². The molecule has 2 aliphatic rings. The molecule has 2 rings (SSSR count). The van der Waals surface area contributed by atoms with E-state index in [-0.39, 0.29) is 18.9 Å². The Kier molecular flexibility index (Phi) is 1.60. The van der Waals surface area contributed by atoms with Gasteiger partial charge in [0, 0.05) is 19.4 Å². The van der Waals surface area contributed by atoms with Crippen molar-refractivity contribution in [3.63, 3.8) is 0 Å². The first kappa shape index (κ1) is 8.50. The molecule has 2 aliphatic heterocycles. The van der Waals surface area contributed by atoms with Crippen molar-refractivity contribution in [3.8, 4) is 0 Å². The molecule has 0 aromatic heterocycles. The van der Waals surface area contributed by atoms with Crippen molar-refractivity contribution in [2.75, 3.05) is 6.54 Å². The Bertz CT molecular complexity index is 277. The van der Waals surface area contributed by atoms with Crippen molar-refractivity contribution in [2.45, 2.75) is 30.9 Å². The first-order chi connectivity index (χ1) is 6.06. The second-order valence-electron chi connectivity index (χ2n) is 3.70. The number of nitrogens with zero attached hydrogens (tertiary/aromatic N) is 1. The molecule has 0 saturated carbocycles. The fraction of sp³-hybridized carbons (Fsp3) is 0.750. The van der Waals surface area contributed by atoms with Crippen molar-refractivity contribution in [3.05, 3.63) is 0 Å². The van der Waals surface area contributed by atoms with Gasteiger partial charge in [-0.15, -0.1) is 0 Å². The summed E-state index contributed by atoms with van der Waals surface area (Å²) in [5.74, 6) is -1.14. The van der Waals surface area contributed by atoms with E-state index in [0.29, 0.717) is 12.8 Å². The van der Waals surface area contributed by atoms with Crippen molar-refractivity contribution in [2.24, 2.45) is 0 Å². The molecule has 2 fully saturated rings. The number of carbonyl (C=O) groups excluding carboxylic acids is 1. The predicted molar refractivity (Wildman–Crippen MR) is 41.9 cm³/mol. The normalized spacial score (nSPS) is 38.1. The molecule has 0 radical (unpaired) electrons. The fourth-order valence-corrected chi connectivity index (χ4v) is 2.29. The van der Waals surface area contributed by atoms with Gasteiger partial charge in [0.25, 0.3) is 0 Å². The third kappa shape index (κ3) is 0.966. The van der Waals surface area contributed by atoms with Crippen LogP contribution in [0.5, 0.6) is 0 Å². The van der Waals surface area contributed by atoms with Gasteiger partial charge in [0.2, 0.25) is 5.91 Å². The Hall–Kier alpha value is -1.10. The molecule has 2 N–H and O–H groups in total. The van der Waals surface area contributed by atoms with Crippen LogP contribution in [0.3, 0.4) is 0 Å². The first-order valence-electron chi connectivity index (χ1n) is 4.28. The van der Waals surface area contributed by atoms with Crippen LogP contribution >= 0.6 is 0 Å². The smallest absolute Gasteiger partial charge is 0.329 e. The molecule has 0 aromatic carbocycles. The van der Waals surface area contributed by atoms with E-state index in [2.05, 4.69) is 0 Å². The highest BCUT2D eigenvalue weighted by Gasteiger charge is 2.56. The van der Waals surface area contributed by atoms with E-state index >= 15 is 0 Å².